The van der Waals surface area contributed by atoms with E-state index in [-0.39, 0.29) is 19.4 Å². The fourth-order valence-electron chi connectivity index (χ4n) is 1.68. The zero-order valence-corrected chi connectivity index (χ0v) is 11.8. The molecule has 3 N–H and O–H groups in total. The van der Waals surface area contributed by atoms with Gasteiger partial charge in [-0.2, -0.15) is 5.10 Å². The van der Waals surface area contributed by atoms with Crippen molar-refractivity contribution in [1.29, 1.82) is 0 Å². The third-order valence-corrected chi connectivity index (χ3v) is 2.77. The number of carbonyl (C=O) groups is 3. The van der Waals surface area contributed by atoms with Crippen molar-refractivity contribution in [3.05, 3.63) is 18.0 Å². The Labute approximate surface area is 121 Å². The van der Waals surface area contributed by atoms with Crippen LogP contribution in [0.4, 0.5) is 4.79 Å². The molecule has 0 aliphatic heterocycles. The Morgan fingerprint density at radius 1 is 1.43 bits per heavy atom. The molecule has 9 nitrogen and oxygen atoms in total. The second-order valence-electron chi connectivity index (χ2n) is 4.65. The number of amides is 2. The number of carboxylic acid groups (broad SMARTS) is 2. The van der Waals surface area contributed by atoms with E-state index in [0.717, 1.165) is 5.56 Å². The first-order chi connectivity index (χ1) is 9.79. The number of hydrogen-bond donors (Lipinski definition) is 3. The van der Waals surface area contributed by atoms with Gasteiger partial charge in [0.25, 0.3) is 0 Å². The van der Waals surface area contributed by atoms with Crippen LogP contribution in [0.5, 0.6) is 0 Å². The number of aryl methyl sites for hydroxylation is 1. The maximum atomic E-state index is 11.9. The van der Waals surface area contributed by atoms with Gasteiger partial charge in [-0.3, -0.25) is 9.48 Å². The van der Waals surface area contributed by atoms with Gasteiger partial charge in [-0.05, 0) is 6.42 Å². The van der Waals surface area contributed by atoms with E-state index in [4.69, 9.17) is 10.2 Å². The summed E-state index contributed by atoms with van der Waals surface area (Å²) in [4.78, 5) is 34.6. The van der Waals surface area contributed by atoms with Crippen LogP contribution in [-0.4, -0.2) is 56.0 Å². The maximum absolute atomic E-state index is 11.9. The number of carboxylic acids is 2. The van der Waals surface area contributed by atoms with Gasteiger partial charge in [0.1, 0.15) is 6.04 Å². The molecule has 0 saturated carbocycles. The predicted molar refractivity (Wildman–Crippen MR) is 71.5 cm³/mol. The van der Waals surface area contributed by atoms with Crippen LogP contribution in [0, 0.1) is 0 Å². The molecule has 0 aliphatic carbocycles. The largest absolute Gasteiger partial charge is 0.481 e. The predicted octanol–water partition coefficient (Wildman–Crippen LogP) is -0.120. The molecule has 21 heavy (non-hydrogen) atoms. The lowest BCUT2D eigenvalue weighted by Crippen LogP contribution is -2.46. The lowest BCUT2D eigenvalue weighted by Gasteiger charge is -2.20. The second-order valence-corrected chi connectivity index (χ2v) is 4.65. The van der Waals surface area contributed by atoms with Crippen molar-refractivity contribution in [3.8, 4) is 0 Å². The van der Waals surface area contributed by atoms with Crippen LogP contribution in [0.25, 0.3) is 0 Å². The van der Waals surface area contributed by atoms with Crippen molar-refractivity contribution in [2.45, 2.75) is 25.4 Å². The number of nitrogens with zero attached hydrogens (tertiary/aromatic N) is 3. The minimum Gasteiger partial charge on any atom is -0.481 e. The van der Waals surface area contributed by atoms with Gasteiger partial charge in [-0.25, -0.2) is 9.59 Å². The van der Waals surface area contributed by atoms with E-state index in [1.54, 1.807) is 24.1 Å². The maximum Gasteiger partial charge on any atom is 0.326 e. The molecule has 2 amide bonds. The molecule has 0 fully saturated rings. The molecule has 0 aromatic carbocycles. The van der Waals surface area contributed by atoms with E-state index in [1.807, 2.05) is 0 Å². The highest BCUT2D eigenvalue weighted by Crippen LogP contribution is 2.03. The quantitative estimate of drug-likeness (QED) is 0.644. The van der Waals surface area contributed by atoms with E-state index in [2.05, 4.69) is 10.4 Å². The van der Waals surface area contributed by atoms with Crippen molar-refractivity contribution in [3.63, 3.8) is 0 Å². The van der Waals surface area contributed by atoms with Crippen molar-refractivity contribution < 1.29 is 24.6 Å². The fourth-order valence-corrected chi connectivity index (χ4v) is 1.68. The molecule has 9 heteroatoms. The lowest BCUT2D eigenvalue weighted by molar-refractivity contribution is -0.140. The second kappa shape index (κ2) is 7.27. The first-order valence-corrected chi connectivity index (χ1v) is 6.23. The zero-order chi connectivity index (χ0) is 16.0. The summed E-state index contributed by atoms with van der Waals surface area (Å²) in [6.07, 6.45) is 2.84. The van der Waals surface area contributed by atoms with Gasteiger partial charge in [-0.15, -0.1) is 0 Å². The van der Waals surface area contributed by atoms with Crippen LogP contribution in [0.3, 0.4) is 0 Å². The molecule has 0 bridgehead atoms. The van der Waals surface area contributed by atoms with Crippen LogP contribution < -0.4 is 5.32 Å². The molecule has 1 aromatic rings. The molecule has 116 valence electrons. The van der Waals surface area contributed by atoms with Gasteiger partial charge in [-0.1, -0.05) is 0 Å². The van der Waals surface area contributed by atoms with Crippen molar-refractivity contribution >= 4 is 18.0 Å². The number of hydrogen-bond acceptors (Lipinski definition) is 4. The molecular formula is C12H18N4O5. The van der Waals surface area contributed by atoms with Crippen molar-refractivity contribution in [1.82, 2.24) is 20.0 Å². The van der Waals surface area contributed by atoms with E-state index in [0.29, 0.717) is 0 Å². The van der Waals surface area contributed by atoms with Crippen LogP contribution in [0.2, 0.25) is 0 Å². The Bertz CT molecular complexity index is 527. The van der Waals surface area contributed by atoms with Gasteiger partial charge >= 0.3 is 18.0 Å². The van der Waals surface area contributed by atoms with Gasteiger partial charge in [0.2, 0.25) is 0 Å². The van der Waals surface area contributed by atoms with E-state index < -0.39 is 24.0 Å². The zero-order valence-electron chi connectivity index (χ0n) is 11.8. The SMILES string of the molecule is CN(Cc1cnn(C)c1)C(=O)NC(CCC(=O)O)C(=O)O. The molecule has 1 heterocycles. The molecule has 0 radical (unpaired) electrons. The number of rotatable bonds is 7. The standard InChI is InChI=1S/C12H18N4O5/c1-15(6-8-5-13-16(2)7-8)12(21)14-9(11(19)20)3-4-10(17)18/h5,7,9H,3-4,6H2,1-2H3,(H,14,21)(H,17,18)(H,19,20). The molecule has 1 rings (SSSR count). The Kier molecular flexibility index (Phi) is 5.70. The highest BCUT2D eigenvalue weighted by atomic mass is 16.4. The minimum absolute atomic E-state index is 0.170. The topological polar surface area (TPSA) is 125 Å². The lowest BCUT2D eigenvalue weighted by atomic mass is 10.1. The summed E-state index contributed by atoms with van der Waals surface area (Å²) in [5.74, 6) is -2.38. The Morgan fingerprint density at radius 2 is 2.10 bits per heavy atom. The summed E-state index contributed by atoms with van der Waals surface area (Å²) in [6, 6.07) is -1.82. The highest BCUT2D eigenvalue weighted by molar-refractivity contribution is 5.82. The third-order valence-electron chi connectivity index (χ3n) is 2.77. The van der Waals surface area contributed by atoms with Gasteiger partial charge in [0.15, 0.2) is 0 Å². The van der Waals surface area contributed by atoms with E-state index in [9.17, 15) is 14.4 Å². The Morgan fingerprint density at radius 3 is 2.57 bits per heavy atom. The van der Waals surface area contributed by atoms with Crippen LogP contribution in [-0.2, 0) is 23.2 Å². The summed E-state index contributed by atoms with van der Waals surface area (Å²) < 4.78 is 1.59. The smallest absolute Gasteiger partial charge is 0.326 e. The van der Waals surface area contributed by atoms with Crippen LogP contribution in [0.15, 0.2) is 12.4 Å². The first kappa shape index (κ1) is 16.5. The highest BCUT2D eigenvalue weighted by Gasteiger charge is 2.22. The average molecular weight is 298 g/mol. The van der Waals surface area contributed by atoms with Crippen LogP contribution in [0.1, 0.15) is 18.4 Å². The third kappa shape index (κ3) is 5.51. The average Bonchev–Trinajstić information content (AvgIpc) is 2.78. The van der Waals surface area contributed by atoms with Crippen molar-refractivity contribution in [2.24, 2.45) is 7.05 Å². The molecule has 1 atom stereocenters. The van der Waals surface area contributed by atoms with Gasteiger partial charge in [0, 0.05) is 32.3 Å². The number of urea groups is 1. The van der Waals surface area contributed by atoms with Gasteiger partial charge in [0.05, 0.1) is 12.7 Å². The molecule has 1 unspecified atom stereocenters. The Balaban J connectivity index is 2.55. The fraction of sp³-hybridized carbons (Fsp3) is 0.500. The summed E-state index contributed by atoms with van der Waals surface area (Å²) in [5.41, 5.74) is 0.799. The minimum atomic E-state index is -1.26. The number of aromatic nitrogens is 2. The first-order valence-electron chi connectivity index (χ1n) is 6.23. The number of aliphatic carboxylic acids is 2. The molecule has 0 spiro atoms. The number of nitrogens with one attached hydrogen (secondary N) is 1. The van der Waals surface area contributed by atoms with Crippen molar-refractivity contribution in [2.75, 3.05) is 7.05 Å². The van der Waals surface area contributed by atoms with E-state index in [1.165, 1.54) is 11.9 Å². The van der Waals surface area contributed by atoms with Crippen LogP contribution >= 0.6 is 0 Å². The summed E-state index contributed by atoms with van der Waals surface area (Å²) in [7, 11) is 3.26. The normalized spacial score (nSPS) is 11.7. The monoisotopic (exact) mass is 298 g/mol. The summed E-state index contributed by atoms with van der Waals surface area (Å²) in [5, 5.41) is 23.8. The molecular weight excluding hydrogens is 280 g/mol. The van der Waals surface area contributed by atoms with E-state index >= 15 is 0 Å². The summed E-state index contributed by atoms with van der Waals surface area (Å²) in [6.45, 7) is 0.269. The molecule has 0 aliphatic rings. The molecule has 1 aromatic heterocycles. The van der Waals surface area contributed by atoms with Gasteiger partial charge < -0.3 is 20.4 Å². The molecule has 0 saturated heterocycles. The number of carbonyl (C=O) groups excluding carboxylic acids is 1. The summed E-state index contributed by atoms with van der Waals surface area (Å²) >= 11 is 0. The Hall–Kier alpha value is -2.58.